The maximum absolute atomic E-state index is 12.7. The van der Waals surface area contributed by atoms with Crippen LogP contribution in [0.25, 0.3) is 0 Å². The van der Waals surface area contributed by atoms with Crippen LogP contribution in [0.4, 0.5) is 4.39 Å². The van der Waals surface area contributed by atoms with Gasteiger partial charge in [-0.2, -0.15) is 6.07 Å². The van der Waals surface area contributed by atoms with Crippen LogP contribution in [0.2, 0.25) is 0 Å². The fraction of sp³-hybridized carbons (Fsp3) is 0.143. The second kappa shape index (κ2) is 4.28. The number of hydrogen-bond acceptors (Lipinski definition) is 1. The average Bonchev–Trinajstić information content (AvgIpc) is 1.88. The van der Waals surface area contributed by atoms with Crippen LogP contribution in [0, 0.1) is 11.9 Å². The van der Waals surface area contributed by atoms with Crippen LogP contribution in [0.15, 0.2) is 16.6 Å². The van der Waals surface area contributed by atoms with Crippen molar-refractivity contribution in [2.24, 2.45) is 0 Å². The summed E-state index contributed by atoms with van der Waals surface area (Å²) in [4.78, 5) is 0. The summed E-state index contributed by atoms with van der Waals surface area (Å²) in [7, 11) is 1.41. The van der Waals surface area contributed by atoms with Crippen LogP contribution in [0.1, 0.15) is 0 Å². The quantitative estimate of drug-likeness (QED) is 0.406. The molecule has 0 aliphatic carbocycles. The normalized spacial score (nSPS) is 7.92. The average molecular weight is 722 g/mol. The zero-order valence-electron chi connectivity index (χ0n) is 5.85. The van der Waals surface area contributed by atoms with Gasteiger partial charge in [0, 0.05) is 5.75 Å². The van der Waals surface area contributed by atoms with E-state index in [9.17, 15) is 4.39 Å². The molecule has 0 radical (unpaired) electrons. The first-order valence-electron chi connectivity index (χ1n) is 2.65. The minimum Gasteiger partial charge on any atom is -0.520 e. The molecule has 0 fully saturated rings. The van der Waals surface area contributed by atoms with Gasteiger partial charge in [-0.3, -0.25) is 4.39 Å². The summed E-state index contributed by atoms with van der Waals surface area (Å²) in [5.74, 6) is -0.264. The molecular formula is C7H5BrFNo2O-. The molecule has 0 aliphatic heterocycles. The Kier molecular flexibility index (Phi) is 4.33. The number of benzene rings is 1. The predicted molar refractivity (Wildman–Crippen MR) is 39.5 cm³/mol. The van der Waals surface area contributed by atoms with Gasteiger partial charge >= 0.3 is 0 Å². The molecule has 5 heteroatoms. The van der Waals surface area contributed by atoms with E-state index in [0.29, 0.717) is 4.47 Å². The van der Waals surface area contributed by atoms with E-state index in [-0.39, 0.29) is 5.75 Å². The molecule has 0 aromatic heterocycles. The van der Waals surface area contributed by atoms with Crippen molar-refractivity contribution in [1.29, 1.82) is 0 Å². The monoisotopic (exact) mass is 721 g/mol. The van der Waals surface area contributed by atoms with Crippen molar-refractivity contribution in [3.05, 3.63) is 28.5 Å². The minimum atomic E-state index is -0.406. The molecule has 0 aliphatic rings. The van der Waals surface area contributed by atoms with E-state index in [0.717, 1.165) is 0 Å². The Morgan fingerprint density at radius 3 is 2.50 bits per heavy atom. The molecule has 0 saturated heterocycles. The van der Waals surface area contributed by atoms with E-state index in [1.807, 2.05) is 0 Å². The Morgan fingerprint density at radius 2 is 2.08 bits per heavy atom. The second-order valence-electron chi connectivity index (χ2n) is 1.70. The third-order valence-corrected chi connectivity index (χ3v) is 1.48. The molecule has 1 aromatic rings. The Bertz CT molecular complexity index is 245. The van der Waals surface area contributed by atoms with Crippen LogP contribution < -0.4 is 4.74 Å². The van der Waals surface area contributed by atoms with Crippen LogP contribution >= 0.6 is 15.9 Å². The van der Waals surface area contributed by atoms with Crippen molar-refractivity contribution in [3.8, 4) is 5.75 Å². The van der Waals surface area contributed by atoms with E-state index in [4.69, 9.17) is 0 Å². The van der Waals surface area contributed by atoms with Crippen molar-refractivity contribution >= 4 is 15.9 Å². The summed E-state index contributed by atoms with van der Waals surface area (Å²) < 4.78 is 18.0. The Balaban J connectivity index is 0. The summed E-state index contributed by atoms with van der Waals surface area (Å²) >= 11 is 3.10. The van der Waals surface area contributed by atoms with Crippen molar-refractivity contribution < 1.29 is 9.13 Å². The number of rotatable bonds is 1. The van der Waals surface area contributed by atoms with Gasteiger partial charge < -0.3 is 4.74 Å². The molecule has 0 spiro atoms. The van der Waals surface area contributed by atoms with Crippen molar-refractivity contribution in [2.75, 3.05) is 7.11 Å². The molecule has 0 bridgehead atoms. The van der Waals surface area contributed by atoms with E-state index < -0.39 is 5.82 Å². The molecule has 82 valence electrons. The van der Waals surface area contributed by atoms with Gasteiger partial charge in [-0.15, -0.1) is 28.1 Å². The molecule has 0 atom stereocenters. The Labute approximate surface area is 66.9 Å². The molecule has 0 heterocycles. The zero-order chi connectivity index (χ0) is 7.56. The third-order valence-electron chi connectivity index (χ3n) is 1.03. The largest absolute Gasteiger partial charge is 0.520 e. The van der Waals surface area contributed by atoms with Crippen LogP contribution in [0.5, 0.6) is 5.75 Å². The second-order valence-corrected chi connectivity index (χ2v) is 2.61. The van der Waals surface area contributed by atoms with Gasteiger partial charge in [0.05, 0.1) is 12.9 Å². The molecule has 1 nitrogen and oxygen atoms in total. The Morgan fingerprint density at radius 1 is 1.50 bits per heavy atom. The van der Waals surface area contributed by atoms with Crippen LogP contribution in [-0.4, -0.2) is 7.11 Å². The smallest absolute Gasteiger partial charge is 0.0745 e. The molecule has 1 aromatic carbocycles. The van der Waals surface area contributed by atoms with Gasteiger partial charge in [0.2, 0.25) is 0 Å². The number of halogens is 2. The first-order chi connectivity index (χ1) is 4.74. The number of ether oxygens (including phenoxy) is 1. The van der Waals surface area contributed by atoms with E-state index in [1.54, 1.807) is 6.07 Å². The van der Waals surface area contributed by atoms with Gasteiger partial charge in [-0.05, 0) is 0 Å². The van der Waals surface area contributed by atoms with E-state index >= 15 is 0 Å². The van der Waals surface area contributed by atoms with Gasteiger partial charge in [-0.1, -0.05) is 4.47 Å². The molecule has 0 unspecified atom stereocenters. The van der Waals surface area contributed by atoms with Gasteiger partial charge in [0.1, 0.15) is 0 Å². The van der Waals surface area contributed by atoms with Crippen LogP contribution in [0.3, 0.4) is 0 Å². The summed E-state index contributed by atoms with van der Waals surface area (Å²) in [6.07, 6.45) is 0. The fourth-order valence-corrected chi connectivity index (χ4v) is 0.904. The molecular weight excluding hydrogens is 717 g/mol. The summed E-state index contributed by atoms with van der Waals surface area (Å²) in [5.41, 5.74) is 0. The number of methoxy groups -OCH3 is 1. The van der Waals surface area contributed by atoms with Crippen LogP contribution in [-0.2, 0) is 0 Å². The summed E-state index contributed by atoms with van der Waals surface area (Å²) in [6, 6.07) is 5.54. The zero-order valence-corrected chi connectivity index (χ0v) is 11.9. The standard InChI is InChI=1S/C7H5BrFO.2No/c1-10-7-3-2-5(8)4-6(7)9;;/h2,4H,1H3;;/q-1;;. The summed E-state index contributed by atoms with van der Waals surface area (Å²) in [6.45, 7) is 0. The molecule has 0 saturated carbocycles. The molecule has 0 N–H and O–H groups in total. The van der Waals surface area contributed by atoms with Crippen molar-refractivity contribution in [2.45, 2.75) is 0 Å². The first-order valence-corrected chi connectivity index (χ1v) is 3.44. The van der Waals surface area contributed by atoms with Gasteiger partial charge in [0.15, 0.2) is 0 Å². The SMILES string of the molecule is COc1[c-]cc(Br)cc1F.[No].[No]. The Hall–Kier alpha value is -2.57. The van der Waals surface area contributed by atoms with Gasteiger partial charge in [0.25, 0.3) is 0 Å². The molecule has 0 amide bonds. The molecule has 12 heavy (non-hydrogen) atoms. The first kappa shape index (κ1) is 12.1. The topological polar surface area (TPSA) is 9.23 Å². The fourth-order valence-electron chi connectivity index (χ4n) is 0.588. The van der Waals surface area contributed by atoms with E-state index in [2.05, 4.69) is 26.7 Å². The maximum atomic E-state index is 12.7. The van der Waals surface area contributed by atoms with Gasteiger partial charge in [-0.25, -0.2) is 0 Å². The minimum absolute atomic E-state index is 0. The van der Waals surface area contributed by atoms with Crippen molar-refractivity contribution in [3.63, 3.8) is 0 Å². The molecule has 1 rings (SSSR count). The van der Waals surface area contributed by atoms with E-state index in [1.165, 1.54) is 13.2 Å². The predicted octanol–water partition coefficient (Wildman–Crippen LogP) is 2.40. The number of hydrogen-bond donors (Lipinski definition) is 0. The van der Waals surface area contributed by atoms with Crippen molar-refractivity contribution in [1.82, 2.24) is 0 Å². The third kappa shape index (κ3) is 1.99. The maximum Gasteiger partial charge on any atom is 0.0745 e. The summed E-state index contributed by atoms with van der Waals surface area (Å²) in [5, 5.41) is 0.